The molecule has 0 aromatic heterocycles. The van der Waals surface area contributed by atoms with Crippen molar-refractivity contribution in [3.63, 3.8) is 0 Å². The van der Waals surface area contributed by atoms with Gasteiger partial charge in [0.1, 0.15) is 12.4 Å². The van der Waals surface area contributed by atoms with Crippen molar-refractivity contribution < 1.29 is 9.18 Å². The molecule has 1 heterocycles. The summed E-state index contributed by atoms with van der Waals surface area (Å²) in [5.41, 5.74) is 2.68. The summed E-state index contributed by atoms with van der Waals surface area (Å²) >= 11 is 5.35. The van der Waals surface area contributed by atoms with Gasteiger partial charge in [-0.3, -0.25) is 4.79 Å². The van der Waals surface area contributed by atoms with Gasteiger partial charge in [-0.05, 0) is 49.0 Å². The fourth-order valence-corrected chi connectivity index (χ4v) is 2.52. The van der Waals surface area contributed by atoms with Crippen LogP contribution in [0.5, 0.6) is 0 Å². The van der Waals surface area contributed by atoms with Crippen LogP contribution in [0.4, 0.5) is 10.1 Å². The Kier molecular flexibility index (Phi) is 4.16. The maximum atomic E-state index is 12.9. The normalized spacial score (nSPS) is 15.0. The van der Waals surface area contributed by atoms with Crippen LogP contribution < -0.4 is 4.90 Å². The highest BCUT2D eigenvalue weighted by Crippen LogP contribution is 2.22. The molecule has 1 aliphatic heterocycles. The first kappa shape index (κ1) is 15.3. The molecule has 3 rings (SSSR count). The number of thiocarbonyl (C=S) groups is 1. The van der Waals surface area contributed by atoms with E-state index in [0.29, 0.717) is 10.7 Å². The number of hydrogen-bond acceptors (Lipinski definition) is 3. The molecule has 1 aliphatic rings. The van der Waals surface area contributed by atoms with Crippen molar-refractivity contribution in [1.29, 1.82) is 0 Å². The summed E-state index contributed by atoms with van der Waals surface area (Å²) in [6.07, 6.45) is 1.49. The van der Waals surface area contributed by atoms with E-state index in [2.05, 4.69) is 5.10 Å². The third-order valence-electron chi connectivity index (χ3n) is 3.48. The number of halogens is 1. The molecule has 0 bridgehead atoms. The zero-order valence-corrected chi connectivity index (χ0v) is 13.3. The highest BCUT2D eigenvalue weighted by molar-refractivity contribution is 7.80. The van der Waals surface area contributed by atoms with Crippen LogP contribution >= 0.6 is 12.2 Å². The van der Waals surface area contributed by atoms with Crippen LogP contribution in [0.2, 0.25) is 0 Å². The second-order valence-corrected chi connectivity index (χ2v) is 5.57. The number of rotatable bonds is 3. The summed E-state index contributed by atoms with van der Waals surface area (Å²) in [4.78, 5) is 13.9. The quantitative estimate of drug-likeness (QED) is 0.642. The van der Waals surface area contributed by atoms with Crippen LogP contribution in [0.25, 0.3) is 0 Å². The summed E-state index contributed by atoms with van der Waals surface area (Å²) in [6.45, 7) is 2.15. The monoisotopic (exact) mass is 327 g/mol. The maximum absolute atomic E-state index is 12.9. The summed E-state index contributed by atoms with van der Waals surface area (Å²) in [6, 6.07) is 13.6. The molecular weight excluding hydrogens is 313 g/mol. The van der Waals surface area contributed by atoms with E-state index >= 15 is 0 Å². The topological polar surface area (TPSA) is 35.9 Å². The van der Waals surface area contributed by atoms with Crippen molar-refractivity contribution >= 4 is 35.1 Å². The smallest absolute Gasteiger partial charge is 0.269 e. The number of benzene rings is 2. The minimum atomic E-state index is -0.319. The molecule has 0 unspecified atom stereocenters. The lowest BCUT2D eigenvalue weighted by Crippen LogP contribution is -2.29. The summed E-state index contributed by atoms with van der Waals surface area (Å²) in [5, 5.41) is 5.66. The van der Waals surface area contributed by atoms with Crippen LogP contribution in [0, 0.1) is 12.7 Å². The number of hydrazone groups is 1. The van der Waals surface area contributed by atoms with Crippen molar-refractivity contribution in [2.75, 3.05) is 11.4 Å². The molecule has 1 amide bonds. The first-order valence-electron chi connectivity index (χ1n) is 7.05. The third-order valence-corrected chi connectivity index (χ3v) is 3.87. The number of amides is 1. The van der Waals surface area contributed by atoms with Crippen LogP contribution in [-0.4, -0.2) is 28.8 Å². The molecule has 4 nitrogen and oxygen atoms in total. The van der Waals surface area contributed by atoms with Crippen LogP contribution in [-0.2, 0) is 4.79 Å². The minimum Gasteiger partial charge on any atom is -0.308 e. The molecule has 0 aliphatic carbocycles. The highest BCUT2D eigenvalue weighted by atomic mass is 32.1. The first-order valence-corrected chi connectivity index (χ1v) is 7.46. The highest BCUT2D eigenvalue weighted by Gasteiger charge is 2.33. The summed E-state index contributed by atoms with van der Waals surface area (Å²) < 4.78 is 12.9. The Bertz CT molecular complexity index is 771. The molecule has 2 aromatic rings. The average molecular weight is 327 g/mol. The van der Waals surface area contributed by atoms with E-state index < -0.39 is 0 Å². The van der Waals surface area contributed by atoms with Gasteiger partial charge in [0.15, 0.2) is 0 Å². The molecule has 2 aromatic carbocycles. The van der Waals surface area contributed by atoms with Gasteiger partial charge in [-0.25, -0.2) is 4.39 Å². The Morgan fingerprint density at radius 3 is 2.43 bits per heavy atom. The maximum Gasteiger partial charge on any atom is 0.269 e. The van der Waals surface area contributed by atoms with Gasteiger partial charge >= 0.3 is 0 Å². The van der Waals surface area contributed by atoms with Gasteiger partial charge < -0.3 is 4.90 Å². The Labute approximate surface area is 138 Å². The Morgan fingerprint density at radius 1 is 1.13 bits per heavy atom. The fourth-order valence-electron chi connectivity index (χ4n) is 2.20. The number of hydrogen-bond donors (Lipinski definition) is 0. The molecule has 0 N–H and O–H groups in total. The summed E-state index contributed by atoms with van der Waals surface area (Å²) in [5.74, 6) is -0.519. The molecular formula is C17H14FN3OS. The molecule has 0 radical (unpaired) electrons. The van der Waals surface area contributed by atoms with Gasteiger partial charge in [-0.2, -0.15) is 10.1 Å². The van der Waals surface area contributed by atoms with Gasteiger partial charge in [-0.15, -0.1) is 0 Å². The lowest BCUT2D eigenvalue weighted by molar-refractivity contribution is -0.124. The van der Waals surface area contributed by atoms with Gasteiger partial charge in [0.25, 0.3) is 5.91 Å². The SMILES string of the molecule is Cc1ccc(N2CC(=O)N(/N=C/c3ccc(F)cc3)C2=S)cc1. The van der Waals surface area contributed by atoms with Crippen molar-refractivity contribution in [3.05, 3.63) is 65.5 Å². The summed E-state index contributed by atoms with van der Waals surface area (Å²) in [7, 11) is 0. The largest absolute Gasteiger partial charge is 0.308 e. The predicted octanol–water partition coefficient (Wildman–Crippen LogP) is 3.10. The van der Waals surface area contributed by atoms with E-state index in [-0.39, 0.29) is 18.3 Å². The first-order chi connectivity index (χ1) is 11.0. The molecule has 0 spiro atoms. The van der Waals surface area contributed by atoms with E-state index in [1.54, 1.807) is 17.0 Å². The molecule has 116 valence electrons. The number of anilines is 1. The third kappa shape index (κ3) is 3.27. The van der Waals surface area contributed by atoms with E-state index in [9.17, 15) is 9.18 Å². The Morgan fingerprint density at radius 2 is 1.78 bits per heavy atom. The van der Waals surface area contributed by atoms with Crippen molar-refractivity contribution in [2.24, 2.45) is 5.10 Å². The van der Waals surface area contributed by atoms with E-state index in [1.807, 2.05) is 31.2 Å². The second-order valence-electron chi connectivity index (χ2n) is 5.21. The zero-order chi connectivity index (χ0) is 16.4. The molecule has 0 saturated carbocycles. The average Bonchev–Trinajstić information content (AvgIpc) is 2.82. The fraction of sp³-hybridized carbons (Fsp3) is 0.118. The Hall–Kier alpha value is -2.60. The lowest BCUT2D eigenvalue weighted by atomic mass is 10.2. The van der Waals surface area contributed by atoms with Crippen molar-refractivity contribution in [2.45, 2.75) is 6.92 Å². The van der Waals surface area contributed by atoms with E-state index in [1.165, 1.54) is 23.4 Å². The van der Waals surface area contributed by atoms with E-state index in [0.717, 1.165) is 11.3 Å². The molecule has 1 saturated heterocycles. The van der Waals surface area contributed by atoms with Crippen molar-refractivity contribution in [3.8, 4) is 0 Å². The molecule has 1 fully saturated rings. The Balaban J connectivity index is 1.78. The number of carbonyl (C=O) groups excluding carboxylic acids is 1. The second kappa shape index (κ2) is 6.26. The number of nitrogens with zero attached hydrogens (tertiary/aromatic N) is 3. The molecule has 23 heavy (non-hydrogen) atoms. The van der Waals surface area contributed by atoms with E-state index in [4.69, 9.17) is 12.2 Å². The molecule has 6 heteroatoms. The van der Waals surface area contributed by atoms with Gasteiger partial charge in [0, 0.05) is 5.69 Å². The van der Waals surface area contributed by atoms with Gasteiger partial charge in [0.2, 0.25) is 5.11 Å². The van der Waals surface area contributed by atoms with Crippen molar-refractivity contribution in [1.82, 2.24) is 5.01 Å². The molecule has 0 atom stereocenters. The standard InChI is InChI=1S/C17H14FN3OS/c1-12-2-8-15(9-3-12)20-11-16(22)21(17(20)23)19-10-13-4-6-14(18)7-5-13/h2-10H,11H2,1H3/b19-10+. The van der Waals surface area contributed by atoms with Crippen LogP contribution in [0.3, 0.4) is 0 Å². The number of aryl methyl sites for hydroxylation is 1. The minimum absolute atomic E-state index is 0.155. The van der Waals surface area contributed by atoms with Gasteiger partial charge in [-0.1, -0.05) is 29.8 Å². The van der Waals surface area contributed by atoms with Crippen LogP contribution in [0.15, 0.2) is 53.6 Å². The lowest BCUT2D eigenvalue weighted by Gasteiger charge is -2.17. The number of carbonyl (C=O) groups is 1. The zero-order valence-electron chi connectivity index (χ0n) is 12.4. The predicted molar refractivity (Wildman–Crippen MR) is 92.0 cm³/mol. The van der Waals surface area contributed by atoms with Crippen LogP contribution in [0.1, 0.15) is 11.1 Å². The van der Waals surface area contributed by atoms with Gasteiger partial charge in [0.05, 0.1) is 6.21 Å².